The zero-order valence-corrected chi connectivity index (χ0v) is 17.4. The van der Waals surface area contributed by atoms with Gasteiger partial charge in [-0.3, -0.25) is 4.79 Å². The maximum Gasteiger partial charge on any atom is 0.241 e. The van der Waals surface area contributed by atoms with Crippen LogP contribution in [0.1, 0.15) is 11.1 Å². The molecule has 0 saturated heterocycles. The number of fused-ring (bicyclic) bond motifs is 1. The van der Waals surface area contributed by atoms with E-state index in [4.69, 9.17) is 16.3 Å². The summed E-state index contributed by atoms with van der Waals surface area (Å²) in [4.78, 5) is 14.5. The zero-order chi connectivity index (χ0) is 20.3. The van der Waals surface area contributed by atoms with Crippen LogP contribution in [-0.2, 0) is 27.8 Å². The number of rotatable bonds is 6. The molecule has 2 aromatic carbocycles. The first kappa shape index (κ1) is 20.6. The lowest BCUT2D eigenvalue weighted by Crippen LogP contribution is -2.53. The predicted molar refractivity (Wildman–Crippen MR) is 109 cm³/mol. The van der Waals surface area contributed by atoms with E-state index in [-0.39, 0.29) is 12.5 Å². The van der Waals surface area contributed by atoms with E-state index in [2.05, 4.69) is 0 Å². The maximum absolute atomic E-state index is 13.0. The summed E-state index contributed by atoms with van der Waals surface area (Å²) in [5.41, 5.74) is 1.94. The van der Waals surface area contributed by atoms with Crippen molar-refractivity contribution in [1.29, 1.82) is 0 Å². The van der Waals surface area contributed by atoms with Gasteiger partial charge in [0.05, 0.1) is 12.8 Å². The van der Waals surface area contributed by atoms with E-state index in [0.717, 1.165) is 17.4 Å². The average molecular weight is 423 g/mol. The Morgan fingerprint density at radius 2 is 1.82 bits per heavy atom. The summed E-state index contributed by atoms with van der Waals surface area (Å²) in [6.07, 6.45) is 1.51. The van der Waals surface area contributed by atoms with Crippen LogP contribution in [-0.4, -0.2) is 56.0 Å². The Balaban J connectivity index is 1.67. The number of hydrogen-bond donors (Lipinski definition) is 0. The Bertz CT molecular complexity index is 947. The molecule has 28 heavy (non-hydrogen) atoms. The second-order valence-corrected chi connectivity index (χ2v) is 9.23. The number of amides is 1. The fraction of sp³-hybridized carbons (Fsp3) is 0.350. The molecule has 0 fully saturated rings. The van der Waals surface area contributed by atoms with Gasteiger partial charge in [-0.25, -0.2) is 8.42 Å². The Morgan fingerprint density at radius 1 is 1.18 bits per heavy atom. The van der Waals surface area contributed by atoms with Gasteiger partial charge in [0.25, 0.3) is 0 Å². The van der Waals surface area contributed by atoms with Crippen molar-refractivity contribution in [2.75, 3.05) is 26.5 Å². The van der Waals surface area contributed by atoms with Crippen LogP contribution in [0.15, 0.2) is 48.5 Å². The van der Waals surface area contributed by atoms with Gasteiger partial charge in [0, 0.05) is 18.6 Å². The standard InChI is InChI=1S/C20H23ClN2O4S/c1-22(11-12-27-18-9-7-17(21)8-10-18)20(24)19-13-15-5-3-4-6-16(15)14-23(19)28(2,25)26/h3-10,19H,11-14H2,1-2H3. The van der Waals surface area contributed by atoms with Gasteiger partial charge < -0.3 is 9.64 Å². The highest BCUT2D eigenvalue weighted by atomic mass is 35.5. The zero-order valence-electron chi connectivity index (χ0n) is 15.8. The van der Waals surface area contributed by atoms with Crippen molar-refractivity contribution in [1.82, 2.24) is 9.21 Å². The molecular formula is C20H23ClN2O4S. The van der Waals surface area contributed by atoms with Gasteiger partial charge in [0.2, 0.25) is 15.9 Å². The van der Waals surface area contributed by atoms with Gasteiger partial charge in [0.15, 0.2) is 0 Å². The summed E-state index contributed by atoms with van der Waals surface area (Å²) in [5, 5.41) is 0.623. The molecule has 0 aromatic heterocycles. The molecule has 1 aliphatic rings. The number of carbonyl (C=O) groups excluding carboxylic acids is 1. The van der Waals surface area contributed by atoms with Crippen molar-refractivity contribution in [3.8, 4) is 5.75 Å². The lowest BCUT2D eigenvalue weighted by atomic mass is 9.95. The first-order valence-electron chi connectivity index (χ1n) is 8.92. The molecule has 0 radical (unpaired) electrons. The molecule has 1 unspecified atom stereocenters. The van der Waals surface area contributed by atoms with Crippen LogP contribution in [0.4, 0.5) is 0 Å². The number of hydrogen-bond acceptors (Lipinski definition) is 4. The Labute approximate surface area is 170 Å². The highest BCUT2D eigenvalue weighted by Crippen LogP contribution is 2.26. The van der Waals surface area contributed by atoms with Gasteiger partial charge in [-0.2, -0.15) is 4.31 Å². The Hall–Kier alpha value is -2.09. The molecule has 3 rings (SSSR count). The van der Waals surface area contributed by atoms with Crippen molar-refractivity contribution in [3.63, 3.8) is 0 Å². The molecule has 6 nitrogen and oxygen atoms in total. The first-order valence-corrected chi connectivity index (χ1v) is 11.2. The van der Waals surface area contributed by atoms with Gasteiger partial charge in [0.1, 0.15) is 18.4 Å². The number of ether oxygens (including phenoxy) is 1. The van der Waals surface area contributed by atoms with Crippen molar-refractivity contribution >= 4 is 27.5 Å². The molecule has 0 spiro atoms. The molecule has 0 saturated carbocycles. The van der Waals surface area contributed by atoms with Gasteiger partial charge in [-0.05, 0) is 41.8 Å². The van der Waals surface area contributed by atoms with Crippen molar-refractivity contribution in [2.24, 2.45) is 0 Å². The van der Waals surface area contributed by atoms with E-state index in [9.17, 15) is 13.2 Å². The third-order valence-electron chi connectivity index (χ3n) is 4.80. The number of carbonyl (C=O) groups is 1. The second-order valence-electron chi connectivity index (χ2n) is 6.86. The van der Waals surface area contributed by atoms with E-state index in [1.807, 2.05) is 24.3 Å². The molecule has 1 aliphatic heterocycles. The minimum atomic E-state index is -3.52. The molecule has 1 heterocycles. The highest BCUT2D eigenvalue weighted by Gasteiger charge is 2.37. The van der Waals surface area contributed by atoms with Crippen LogP contribution in [0.2, 0.25) is 5.02 Å². The van der Waals surface area contributed by atoms with E-state index < -0.39 is 16.1 Å². The van der Waals surface area contributed by atoms with Crippen molar-refractivity contribution < 1.29 is 17.9 Å². The summed E-state index contributed by atoms with van der Waals surface area (Å²) < 4.78 is 31.5. The predicted octanol–water partition coefficient (Wildman–Crippen LogP) is 2.56. The quantitative estimate of drug-likeness (QED) is 0.717. The third kappa shape index (κ3) is 4.84. The smallest absolute Gasteiger partial charge is 0.241 e. The van der Waals surface area contributed by atoms with E-state index >= 15 is 0 Å². The maximum atomic E-state index is 13.0. The van der Waals surface area contributed by atoms with Gasteiger partial charge in [-0.15, -0.1) is 0 Å². The second kappa shape index (κ2) is 8.51. The number of nitrogens with zero attached hydrogens (tertiary/aromatic N) is 2. The van der Waals surface area contributed by atoms with Gasteiger partial charge >= 0.3 is 0 Å². The minimum absolute atomic E-state index is 0.209. The third-order valence-corrected chi connectivity index (χ3v) is 6.29. The van der Waals surface area contributed by atoms with Crippen LogP contribution >= 0.6 is 11.6 Å². The van der Waals surface area contributed by atoms with Crippen LogP contribution in [0.25, 0.3) is 0 Å². The molecular weight excluding hydrogens is 400 g/mol. The number of halogens is 1. The van der Waals surface area contributed by atoms with E-state index in [1.54, 1.807) is 31.3 Å². The summed E-state index contributed by atoms with van der Waals surface area (Å²) in [6.45, 7) is 0.851. The molecule has 0 aliphatic carbocycles. The molecule has 8 heteroatoms. The van der Waals surface area contributed by atoms with Crippen LogP contribution in [0.3, 0.4) is 0 Å². The van der Waals surface area contributed by atoms with E-state index in [0.29, 0.717) is 30.3 Å². The summed E-state index contributed by atoms with van der Waals surface area (Å²) in [6, 6.07) is 13.9. The van der Waals surface area contributed by atoms with Crippen molar-refractivity contribution in [3.05, 3.63) is 64.7 Å². The SMILES string of the molecule is CN(CCOc1ccc(Cl)cc1)C(=O)C1Cc2ccccc2CN1S(C)(=O)=O. The van der Waals surface area contributed by atoms with Crippen LogP contribution < -0.4 is 4.74 Å². The lowest BCUT2D eigenvalue weighted by Gasteiger charge is -2.36. The summed E-state index contributed by atoms with van der Waals surface area (Å²) in [7, 11) is -1.86. The Morgan fingerprint density at radius 3 is 2.46 bits per heavy atom. The highest BCUT2D eigenvalue weighted by molar-refractivity contribution is 7.88. The van der Waals surface area contributed by atoms with Crippen LogP contribution in [0, 0.1) is 0 Å². The number of likely N-dealkylation sites (N-methyl/N-ethyl adjacent to an activating group) is 1. The number of sulfonamides is 1. The topological polar surface area (TPSA) is 66.9 Å². The molecule has 0 N–H and O–H groups in total. The van der Waals surface area contributed by atoms with E-state index in [1.165, 1.54) is 9.21 Å². The molecule has 1 amide bonds. The Kier molecular flexibility index (Phi) is 6.27. The molecule has 150 valence electrons. The van der Waals surface area contributed by atoms with Crippen molar-refractivity contribution in [2.45, 2.75) is 19.0 Å². The summed E-state index contributed by atoms with van der Waals surface area (Å²) >= 11 is 5.85. The monoisotopic (exact) mass is 422 g/mol. The summed E-state index contributed by atoms with van der Waals surface area (Å²) in [5.74, 6) is 0.425. The lowest BCUT2D eigenvalue weighted by molar-refractivity contribution is -0.134. The fourth-order valence-corrected chi connectivity index (χ4v) is 4.38. The number of benzene rings is 2. The molecule has 2 aromatic rings. The molecule has 1 atom stereocenters. The average Bonchev–Trinajstić information content (AvgIpc) is 2.67. The van der Waals surface area contributed by atoms with Gasteiger partial charge in [-0.1, -0.05) is 35.9 Å². The largest absolute Gasteiger partial charge is 0.492 e. The first-order chi connectivity index (χ1) is 13.3. The minimum Gasteiger partial charge on any atom is -0.492 e. The normalized spacial score (nSPS) is 17.0. The molecule has 0 bridgehead atoms. The van der Waals surface area contributed by atoms with Crippen LogP contribution in [0.5, 0.6) is 5.75 Å². The fourth-order valence-electron chi connectivity index (χ4n) is 3.25.